The van der Waals surface area contributed by atoms with Gasteiger partial charge in [0.15, 0.2) is 11.5 Å². The molecule has 1 saturated heterocycles. The fourth-order valence-electron chi connectivity index (χ4n) is 3.71. The third kappa shape index (κ3) is 3.82. The van der Waals surface area contributed by atoms with Gasteiger partial charge in [-0.25, -0.2) is 0 Å². The smallest absolute Gasteiger partial charge is 0.231 e. The van der Waals surface area contributed by atoms with E-state index >= 15 is 0 Å². The average molecular weight is 360 g/mol. The first-order valence-corrected chi connectivity index (χ1v) is 9.73. The summed E-state index contributed by atoms with van der Waals surface area (Å²) < 4.78 is 11.1. The van der Waals surface area contributed by atoms with Gasteiger partial charge in [-0.1, -0.05) is 12.1 Å². The molecule has 1 aromatic heterocycles. The van der Waals surface area contributed by atoms with Crippen LogP contribution < -0.4 is 9.47 Å². The fourth-order valence-corrected chi connectivity index (χ4v) is 4.36. The van der Waals surface area contributed by atoms with Crippen LogP contribution in [0, 0.1) is 0 Å². The van der Waals surface area contributed by atoms with Crippen molar-refractivity contribution in [2.45, 2.75) is 25.6 Å². The highest BCUT2D eigenvalue weighted by Gasteiger charge is 2.28. The van der Waals surface area contributed by atoms with E-state index in [2.05, 4.69) is 32.7 Å². The van der Waals surface area contributed by atoms with Crippen molar-refractivity contribution in [3.05, 3.63) is 46.2 Å². The number of rotatable bonds is 6. The molecular weight excluding hydrogens is 336 g/mol. The highest BCUT2D eigenvalue weighted by Crippen LogP contribution is 2.36. The van der Waals surface area contributed by atoms with Gasteiger partial charge in [0.2, 0.25) is 6.79 Å². The molecule has 1 N–H and O–H groups in total. The van der Waals surface area contributed by atoms with Gasteiger partial charge in [-0.05, 0) is 34.9 Å². The third-order valence-electron chi connectivity index (χ3n) is 4.99. The SMILES string of the molecule is OCC[C@H]1CN(Cc2cccc3c2OCO3)CCN1Cc1ccsc1. The molecular formula is C19H24N2O3S. The number of aliphatic hydroxyl groups is 1. The number of fused-ring (bicyclic) bond motifs is 1. The second-order valence-electron chi connectivity index (χ2n) is 6.65. The number of hydrogen-bond acceptors (Lipinski definition) is 6. The first-order chi connectivity index (χ1) is 12.3. The van der Waals surface area contributed by atoms with Crippen LogP contribution >= 0.6 is 11.3 Å². The molecule has 1 fully saturated rings. The van der Waals surface area contributed by atoms with Crippen LogP contribution in [0.25, 0.3) is 0 Å². The molecule has 0 aliphatic carbocycles. The van der Waals surface area contributed by atoms with Gasteiger partial charge in [0, 0.05) is 50.9 Å². The highest BCUT2D eigenvalue weighted by molar-refractivity contribution is 7.07. The number of nitrogens with zero attached hydrogens (tertiary/aromatic N) is 2. The lowest BCUT2D eigenvalue weighted by Gasteiger charge is -2.41. The largest absolute Gasteiger partial charge is 0.454 e. The molecule has 0 amide bonds. The second-order valence-corrected chi connectivity index (χ2v) is 7.43. The molecule has 134 valence electrons. The number of benzene rings is 1. The summed E-state index contributed by atoms with van der Waals surface area (Å²) in [7, 11) is 0. The van der Waals surface area contributed by atoms with Crippen LogP contribution in [-0.2, 0) is 13.1 Å². The molecule has 1 aromatic carbocycles. The van der Waals surface area contributed by atoms with Gasteiger partial charge < -0.3 is 14.6 Å². The summed E-state index contributed by atoms with van der Waals surface area (Å²) in [4.78, 5) is 4.96. The summed E-state index contributed by atoms with van der Waals surface area (Å²) in [6, 6.07) is 8.68. The molecule has 0 radical (unpaired) electrons. The zero-order chi connectivity index (χ0) is 17.1. The van der Waals surface area contributed by atoms with E-state index in [0.717, 1.165) is 50.6 Å². The molecule has 2 aliphatic rings. The Balaban J connectivity index is 1.42. The van der Waals surface area contributed by atoms with Crippen molar-refractivity contribution in [3.63, 3.8) is 0 Å². The van der Waals surface area contributed by atoms with E-state index in [1.807, 2.05) is 12.1 Å². The Hall–Kier alpha value is -1.60. The molecule has 0 unspecified atom stereocenters. The summed E-state index contributed by atoms with van der Waals surface area (Å²) in [6.45, 7) is 5.39. The lowest BCUT2D eigenvalue weighted by molar-refractivity contribution is 0.0496. The van der Waals surface area contributed by atoms with Crippen molar-refractivity contribution in [1.82, 2.24) is 9.80 Å². The molecule has 0 saturated carbocycles. The van der Waals surface area contributed by atoms with Gasteiger partial charge in [0.05, 0.1) is 0 Å². The second kappa shape index (κ2) is 7.74. The van der Waals surface area contributed by atoms with E-state index in [9.17, 15) is 5.11 Å². The van der Waals surface area contributed by atoms with E-state index in [1.54, 1.807) is 11.3 Å². The topological polar surface area (TPSA) is 45.2 Å². The minimum Gasteiger partial charge on any atom is -0.454 e. The standard InChI is InChI=1S/C19H24N2O3S/c22-8-4-17-12-20(6-7-21(17)10-15-5-9-25-13-15)11-16-2-1-3-18-19(16)24-14-23-18/h1-3,5,9,13,17,22H,4,6-8,10-12,14H2/t17-/m0/s1. The number of para-hydroxylation sites is 1. The van der Waals surface area contributed by atoms with E-state index in [1.165, 1.54) is 11.1 Å². The van der Waals surface area contributed by atoms with E-state index < -0.39 is 0 Å². The molecule has 0 bridgehead atoms. The summed E-state index contributed by atoms with van der Waals surface area (Å²) >= 11 is 1.74. The molecule has 5 nitrogen and oxygen atoms in total. The lowest BCUT2D eigenvalue weighted by Crippen LogP contribution is -2.52. The predicted molar refractivity (Wildman–Crippen MR) is 98.1 cm³/mol. The van der Waals surface area contributed by atoms with Crippen molar-refractivity contribution in [3.8, 4) is 11.5 Å². The monoisotopic (exact) mass is 360 g/mol. The van der Waals surface area contributed by atoms with Gasteiger partial charge >= 0.3 is 0 Å². The van der Waals surface area contributed by atoms with Crippen LogP contribution in [0.4, 0.5) is 0 Å². The van der Waals surface area contributed by atoms with E-state index in [0.29, 0.717) is 12.8 Å². The summed E-state index contributed by atoms with van der Waals surface area (Å²) in [5.41, 5.74) is 2.55. The number of aliphatic hydroxyl groups excluding tert-OH is 1. The normalized spacial score (nSPS) is 20.9. The van der Waals surface area contributed by atoms with E-state index in [-0.39, 0.29) is 6.61 Å². The summed E-state index contributed by atoms with van der Waals surface area (Å²) in [6.07, 6.45) is 0.813. The van der Waals surface area contributed by atoms with Crippen molar-refractivity contribution in [2.75, 3.05) is 33.0 Å². The maximum absolute atomic E-state index is 9.49. The maximum atomic E-state index is 9.49. The third-order valence-corrected chi connectivity index (χ3v) is 5.72. The first kappa shape index (κ1) is 16.8. The highest BCUT2D eigenvalue weighted by atomic mass is 32.1. The quantitative estimate of drug-likeness (QED) is 0.858. The number of thiophene rings is 1. The molecule has 1 atom stereocenters. The fraction of sp³-hybridized carbons (Fsp3) is 0.474. The summed E-state index contributed by atoms with van der Waals surface area (Å²) in [5, 5.41) is 13.8. The predicted octanol–water partition coefficient (Wildman–Crippen LogP) is 2.55. The minimum absolute atomic E-state index is 0.232. The van der Waals surface area contributed by atoms with Gasteiger partial charge in [0.25, 0.3) is 0 Å². The molecule has 4 rings (SSSR count). The summed E-state index contributed by atoms with van der Waals surface area (Å²) in [5.74, 6) is 1.74. The molecule has 6 heteroatoms. The van der Waals surface area contributed by atoms with Crippen molar-refractivity contribution in [2.24, 2.45) is 0 Å². The van der Waals surface area contributed by atoms with Crippen LogP contribution in [0.2, 0.25) is 0 Å². The Kier molecular flexibility index (Phi) is 5.22. The zero-order valence-electron chi connectivity index (χ0n) is 14.3. The van der Waals surface area contributed by atoms with Gasteiger partial charge in [-0.15, -0.1) is 0 Å². The molecule has 0 spiro atoms. The average Bonchev–Trinajstić information content (AvgIpc) is 3.29. The Morgan fingerprint density at radius 3 is 2.96 bits per heavy atom. The van der Waals surface area contributed by atoms with Crippen molar-refractivity contribution >= 4 is 11.3 Å². The van der Waals surface area contributed by atoms with Gasteiger partial charge in [0.1, 0.15) is 0 Å². The van der Waals surface area contributed by atoms with Crippen molar-refractivity contribution in [1.29, 1.82) is 0 Å². The number of ether oxygens (including phenoxy) is 2. The van der Waals surface area contributed by atoms with Crippen LogP contribution in [0.3, 0.4) is 0 Å². The Labute approximate surface area is 152 Å². The van der Waals surface area contributed by atoms with Crippen LogP contribution in [0.1, 0.15) is 17.5 Å². The Morgan fingerprint density at radius 1 is 1.16 bits per heavy atom. The molecule has 25 heavy (non-hydrogen) atoms. The van der Waals surface area contributed by atoms with Crippen LogP contribution in [0.15, 0.2) is 35.0 Å². The lowest BCUT2D eigenvalue weighted by atomic mass is 10.1. The maximum Gasteiger partial charge on any atom is 0.231 e. The number of piperazine rings is 1. The van der Waals surface area contributed by atoms with E-state index in [4.69, 9.17) is 9.47 Å². The first-order valence-electron chi connectivity index (χ1n) is 8.79. The molecule has 2 aliphatic heterocycles. The van der Waals surface area contributed by atoms with Gasteiger partial charge in [-0.2, -0.15) is 11.3 Å². The number of hydrogen-bond donors (Lipinski definition) is 1. The Morgan fingerprint density at radius 2 is 2.12 bits per heavy atom. The van der Waals surface area contributed by atoms with Crippen LogP contribution in [0.5, 0.6) is 11.5 Å². The Bertz CT molecular complexity index is 692. The minimum atomic E-state index is 0.232. The molecule has 3 heterocycles. The van der Waals surface area contributed by atoms with Crippen LogP contribution in [-0.4, -0.2) is 54.0 Å². The van der Waals surface area contributed by atoms with Crippen molar-refractivity contribution < 1.29 is 14.6 Å². The molecule has 2 aromatic rings. The van der Waals surface area contributed by atoms with Gasteiger partial charge in [-0.3, -0.25) is 9.80 Å². The zero-order valence-corrected chi connectivity index (χ0v) is 15.1.